The summed E-state index contributed by atoms with van der Waals surface area (Å²) in [4.78, 5) is 0. The molecule has 1 rings (SSSR count). The molecule has 3 nitrogen and oxygen atoms in total. The first-order valence-electron chi connectivity index (χ1n) is 3.97. The van der Waals surface area contributed by atoms with Gasteiger partial charge in [-0.05, 0) is 13.3 Å². The fourth-order valence-corrected chi connectivity index (χ4v) is 0.944. The standard InChI is InChI=1S/C8H14N2O/c1-3-4-5-10-8(11)7(2)6-9-10/h6,11H,3-5H2,1-2H3. The van der Waals surface area contributed by atoms with Crippen molar-refractivity contribution < 1.29 is 5.11 Å². The van der Waals surface area contributed by atoms with E-state index in [-0.39, 0.29) is 0 Å². The van der Waals surface area contributed by atoms with E-state index in [1.807, 2.05) is 6.92 Å². The van der Waals surface area contributed by atoms with Gasteiger partial charge in [-0.3, -0.25) is 0 Å². The molecule has 62 valence electrons. The average molecular weight is 154 g/mol. The highest BCUT2D eigenvalue weighted by Crippen LogP contribution is 2.14. The molecule has 0 aliphatic carbocycles. The van der Waals surface area contributed by atoms with Crippen molar-refractivity contribution >= 4 is 0 Å². The number of unbranched alkanes of at least 4 members (excludes halogenated alkanes) is 1. The Kier molecular flexibility index (Phi) is 2.52. The minimum atomic E-state index is 0.304. The second-order valence-electron chi connectivity index (χ2n) is 2.73. The average Bonchev–Trinajstić information content (AvgIpc) is 2.31. The first kappa shape index (κ1) is 8.11. The number of hydrogen-bond acceptors (Lipinski definition) is 2. The van der Waals surface area contributed by atoms with Crippen LogP contribution in [0.2, 0.25) is 0 Å². The van der Waals surface area contributed by atoms with Gasteiger partial charge in [0.25, 0.3) is 0 Å². The molecule has 0 aromatic carbocycles. The molecule has 0 amide bonds. The largest absolute Gasteiger partial charge is 0.493 e. The lowest BCUT2D eigenvalue weighted by Crippen LogP contribution is -1.98. The number of nitrogens with zero attached hydrogens (tertiary/aromatic N) is 2. The second kappa shape index (κ2) is 3.42. The maximum atomic E-state index is 9.36. The molecule has 0 aliphatic heterocycles. The molecule has 0 atom stereocenters. The van der Waals surface area contributed by atoms with Gasteiger partial charge in [-0.15, -0.1) is 0 Å². The lowest BCUT2D eigenvalue weighted by molar-refractivity contribution is 0.391. The van der Waals surface area contributed by atoms with Gasteiger partial charge in [0.05, 0.1) is 6.20 Å². The highest BCUT2D eigenvalue weighted by molar-refractivity contribution is 5.19. The van der Waals surface area contributed by atoms with Crippen LogP contribution in [0.4, 0.5) is 0 Å². The topological polar surface area (TPSA) is 38.0 Å². The fourth-order valence-electron chi connectivity index (χ4n) is 0.944. The van der Waals surface area contributed by atoms with Crippen molar-refractivity contribution in [2.45, 2.75) is 33.2 Å². The van der Waals surface area contributed by atoms with Crippen molar-refractivity contribution in [3.8, 4) is 5.88 Å². The maximum Gasteiger partial charge on any atom is 0.212 e. The summed E-state index contributed by atoms with van der Waals surface area (Å²) in [5, 5.41) is 13.4. The Morgan fingerprint density at radius 1 is 1.64 bits per heavy atom. The van der Waals surface area contributed by atoms with Crippen LogP contribution in [0.1, 0.15) is 25.3 Å². The minimum absolute atomic E-state index is 0.304. The molecule has 0 saturated carbocycles. The zero-order chi connectivity index (χ0) is 8.27. The quantitative estimate of drug-likeness (QED) is 0.719. The Balaban J connectivity index is 2.63. The van der Waals surface area contributed by atoms with E-state index in [0.717, 1.165) is 24.9 Å². The van der Waals surface area contributed by atoms with Crippen LogP contribution < -0.4 is 0 Å². The molecule has 3 heteroatoms. The SMILES string of the molecule is CCCCn1ncc(C)c1O. The van der Waals surface area contributed by atoms with Gasteiger partial charge in [-0.2, -0.15) is 5.10 Å². The van der Waals surface area contributed by atoms with Crippen LogP contribution in [0.15, 0.2) is 6.20 Å². The van der Waals surface area contributed by atoms with Gasteiger partial charge in [0.15, 0.2) is 0 Å². The van der Waals surface area contributed by atoms with Gasteiger partial charge in [-0.25, -0.2) is 4.68 Å². The number of aryl methyl sites for hydroxylation is 2. The number of rotatable bonds is 3. The monoisotopic (exact) mass is 154 g/mol. The highest BCUT2D eigenvalue weighted by Gasteiger charge is 2.02. The van der Waals surface area contributed by atoms with E-state index < -0.39 is 0 Å². The number of aromatic nitrogens is 2. The third-order valence-corrected chi connectivity index (χ3v) is 1.71. The zero-order valence-electron chi connectivity index (χ0n) is 7.04. The van der Waals surface area contributed by atoms with E-state index in [1.54, 1.807) is 10.9 Å². The molecule has 0 unspecified atom stereocenters. The normalized spacial score (nSPS) is 10.4. The summed E-state index contributed by atoms with van der Waals surface area (Å²) in [5.74, 6) is 0.304. The van der Waals surface area contributed by atoms with Crippen LogP contribution in [-0.4, -0.2) is 14.9 Å². The summed E-state index contributed by atoms with van der Waals surface area (Å²) in [6.07, 6.45) is 3.87. The molecule has 1 N–H and O–H groups in total. The lowest BCUT2D eigenvalue weighted by Gasteiger charge is -2.00. The molecule has 1 aromatic rings. The second-order valence-corrected chi connectivity index (χ2v) is 2.73. The van der Waals surface area contributed by atoms with Gasteiger partial charge >= 0.3 is 0 Å². The summed E-state index contributed by atoms with van der Waals surface area (Å²) in [5.41, 5.74) is 0.848. The Hall–Kier alpha value is -0.990. The van der Waals surface area contributed by atoms with Crippen molar-refractivity contribution in [1.29, 1.82) is 0 Å². The van der Waals surface area contributed by atoms with Gasteiger partial charge in [0, 0.05) is 12.1 Å². The predicted molar refractivity (Wildman–Crippen MR) is 43.5 cm³/mol. The molecular weight excluding hydrogens is 140 g/mol. The van der Waals surface area contributed by atoms with E-state index in [1.165, 1.54) is 0 Å². The zero-order valence-corrected chi connectivity index (χ0v) is 7.04. The summed E-state index contributed by atoms with van der Waals surface area (Å²) in [6.45, 7) is 4.79. The summed E-state index contributed by atoms with van der Waals surface area (Å²) >= 11 is 0. The Bertz CT molecular complexity index is 230. The van der Waals surface area contributed by atoms with Crippen molar-refractivity contribution in [2.75, 3.05) is 0 Å². The van der Waals surface area contributed by atoms with Crippen molar-refractivity contribution in [2.24, 2.45) is 0 Å². The highest BCUT2D eigenvalue weighted by atomic mass is 16.3. The molecule has 0 saturated heterocycles. The summed E-state index contributed by atoms with van der Waals surface area (Å²) in [7, 11) is 0. The number of aromatic hydroxyl groups is 1. The fraction of sp³-hybridized carbons (Fsp3) is 0.625. The predicted octanol–water partition coefficient (Wildman–Crippen LogP) is 1.70. The molecule has 1 heterocycles. The molecule has 0 fully saturated rings. The molecule has 0 radical (unpaired) electrons. The molecular formula is C8H14N2O. The molecule has 0 bridgehead atoms. The van der Waals surface area contributed by atoms with E-state index in [9.17, 15) is 5.11 Å². The minimum Gasteiger partial charge on any atom is -0.493 e. The molecule has 0 spiro atoms. The van der Waals surface area contributed by atoms with Crippen LogP contribution in [0.3, 0.4) is 0 Å². The van der Waals surface area contributed by atoms with E-state index in [2.05, 4.69) is 12.0 Å². The van der Waals surface area contributed by atoms with Gasteiger partial charge in [-0.1, -0.05) is 13.3 Å². The molecule has 11 heavy (non-hydrogen) atoms. The van der Waals surface area contributed by atoms with E-state index >= 15 is 0 Å². The van der Waals surface area contributed by atoms with Gasteiger partial charge in [0.2, 0.25) is 5.88 Å². The van der Waals surface area contributed by atoms with Crippen LogP contribution in [0.5, 0.6) is 5.88 Å². The third kappa shape index (κ3) is 1.73. The first-order valence-corrected chi connectivity index (χ1v) is 3.97. The lowest BCUT2D eigenvalue weighted by atomic mass is 10.3. The first-order chi connectivity index (χ1) is 5.25. The van der Waals surface area contributed by atoms with Crippen LogP contribution in [0.25, 0.3) is 0 Å². The summed E-state index contributed by atoms with van der Waals surface area (Å²) < 4.78 is 1.64. The Labute approximate surface area is 66.7 Å². The van der Waals surface area contributed by atoms with Crippen molar-refractivity contribution in [1.82, 2.24) is 9.78 Å². The van der Waals surface area contributed by atoms with Gasteiger partial charge < -0.3 is 5.11 Å². The van der Waals surface area contributed by atoms with E-state index in [0.29, 0.717) is 5.88 Å². The summed E-state index contributed by atoms with van der Waals surface area (Å²) in [6, 6.07) is 0. The number of hydrogen-bond donors (Lipinski definition) is 1. The van der Waals surface area contributed by atoms with E-state index in [4.69, 9.17) is 0 Å². The molecule has 0 aliphatic rings. The Morgan fingerprint density at radius 3 is 2.82 bits per heavy atom. The third-order valence-electron chi connectivity index (χ3n) is 1.71. The van der Waals surface area contributed by atoms with Gasteiger partial charge in [0.1, 0.15) is 0 Å². The Morgan fingerprint density at radius 2 is 2.36 bits per heavy atom. The van der Waals surface area contributed by atoms with Crippen LogP contribution in [0, 0.1) is 6.92 Å². The van der Waals surface area contributed by atoms with Crippen LogP contribution >= 0.6 is 0 Å². The van der Waals surface area contributed by atoms with Crippen LogP contribution in [-0.2, 0) is 6.54 Å². The van der Waals surface area contributed by atoms with Crippen molar-refractivity contribution in [3.05, 3.63) is 11.8 Å². The molecule has 1 aromatic heterocycles. The smallest absolute Gasteiger partial charge is 0.212 e. The maximum absolute atomic E-state index is 9.36. The van der Waals surface area contributed by atoms with Crippen molar-refractivity contribution in [3.63, 3.8) is 0 Å².